The van der Waals surface area contributed by atoms with Crippen molar-refractivity contribution in [1.29, 1.82) is 0 Å². The lowest BCUT2D eigenvalue weighted by Gasteiger charge is -2.19. The predicted molar refractivity (Wildman–Crippen MR) is 86.4 cm³/mol. The van der Waals surface area contributed by atoms with Crippen molar-refractivity contribution in [1.82, 2.24) is 5.32 Å². The smallest absolute Gasteiger partial charge is 0.0953 e. The van der Waals surface area contributed by atoms with Gasteiger partial charge >= 0.3 is 0 Å². The van der Waals surface area contributed by atoms with Gasteiger partial charge in [0.05, 0.1) is 12.7 Å². The Balaban J connectivity index is 1.65. The van der Waals surface area contributed by atoms with Gasteiger partial charge in [-0.3, -0.25) is 0 Å². The summed E-state index contributed by atoms with van der Waals surface area (Å²) in [6, 6.07) is 18.9. The highest BCUT2D eigenvalue weighted by molar-refractivity contribution is 6.31. The van der Waals surface area contributed by atoms with Crippen LogP contribution in [0, 0.1) is 0 Å². The van der Waals surface area contributed by atoms with E-state index in [1.165, 1.54) is 18.4 Å². The van der Waals surface area contributed by atoms with E-state index in [4.69, 9.17) is 16.3 Å². The zero-order chi connectivity index (χ0) is 14.5. The molecule has 1 atom stereocenters. The molecule has 0 bridgehead atoms. The molecule has 1 fully saturated rings. The van der Waals surface area contributed by atoms with E-state index in [-0.39, 0.29) is 6.10 Å². The molecule has 2 aromatic carbocycles. The first-order valence-electron chi connectivity index (χ1n) is 7.46. The molecule has 3 rings (SSSR count). The molecule has 1 aliphatic carbocycles. The monoisotopic (exact) mass is 301 g/mol. The second-order valence-corrected chi connectivity index (χ2v) is 5.89. The van der Waals surface area contributed by atoms with Crippen molar-refractivity contribution in [3.05, 3.63) is 70.7 Å². The van der Waals surface area contributed by atoms with Gasteiger partial charge in [-0.05, 0) is 30.0 Å². The Labute approximate surface area is 131 Å². The van der Waals surface area contributed by atoms with Crippen LogP contribution in [0.4, 0.5) is 0 Å². The van der Waals surface area contributed by atoms with Gasteiger partial charge in [-0.2, -0.15) is 0 Å². The van der Waals surface area contributed by atoms with Crippen LogP contribution >= 0.6 is 11.6 Å². The molecule has 0 saturated heterocycles. The molecule has 1 aliphatic rings. The van der Waals surface area contributed by atoms with E-state index < -0.39 is 0 Å². The summed E-state index contributed by atoms with van der Waals surface area (Å²) in [4.78, 5) is 0. The third kappa shape index (κ3) is 4.31. The first-order valence-corrected chi connectivity index (χ1v) is 7.84. The molecule has 0 heterocycles. The largest absolute Gasteiger partial charge is 0.367 e. The number of halogens is 1. The zero-order valence-corrected chi connectivity index (χ0v) is 12.7. The lowest BCUT2D eigenvalue weighted by Crippen LogP contribution is -2.25. The van der Waals surface area contributed by atoms with E-state index in [2.05, 4.69) is 29.6 Å². The summed E-state index contributed by atoms with van der Waals surface area (Å²) in [5, 5.41) is 4.31. The molecule has 0 amide bonds. The maximum atomic E-state index is 6.20. The normalized spacial score (nSPS) is 15.9. The SMILES string of the molecule is Clc1ccccc1COC(CNC1CC1)c1ccccc1. The summed E-state index contributed by atoms with van der Waals surface area (Å²) in [6.07, 6.45) is 2.63. The third-order valence-electron chi connectivity index (χ3n) is 3.74. The van der Waals surface area contributed by atoms with Gasteiger partial charge in [-0.15, -0.1) is 0 Å². The Morgan fingerprint density at radius 1 is 1.05 bits per heavy atom. The van der Waals surface area contributed by atoms with Crippen molar-refractivity contribution in [2.45, 2.75) is 31.6 Å². The van der Waals surface area contributed by atoms with Gasteiger partial charge < -0.3 is 10.1 Å². The van der Waals surface area contributed by atoms with Crippen LogP contribution in [-0.4, -0.2) is 12.6 Å². The van der Waals surface area contributed by atoms with Gasteiger partial charge in [0.1, 0.15) is 0 Å². The van der Waals surface area contributed by atoms with Crippen molar-refractivity contribution in [2.24, 2.45) is 0 Å². The van der Waals surface area contributed by atoms with E-state index in [1.54, 1.807) is 0 Å². The van der Waals surface area contributed by atoms with Gasteiger partial charge in [0, 0.05) is 17.6 Å². The lowest BCUT2D eigenvalue weighted by atomic mass is 10.1. The molecule has 0 aromatic heterocycles. The maximum Gasteiger partial charge on any atom is 0.0953 e. The van der Waals surface area contributed by atoms with Crippen molar-refractivity contribution >= 4 is 11.6 Å². The van der Waals surface area contributed by atoms with E-state index in [0.717, 1.165) is 17.1 Å². The van der Waals surface area contributed by atoms with E-state index in [9.17, 15) is 0 Å². The van der Waals surface area contributed by atoms with Crippen molar-refractivity contribution in [2.75, 3.05) is 6.54 Å². The van der Waals surface area contributed by atoms with Crippen LogP contribution in [0.15, 0.2) is 54.6 Å². The Hall–Kier alpha value is -1.35. The average molecular weight is 302 g/mol. The molecule has 0 aliphatic heterocycles. The second kappa shape index (κ2) is 7.08. The molecule has 110 valence electrons. The highest BCUT2D eigenvalue weighted by Gasteiger charge is 2.22. The number of hydrogen-bond acceptors (Lipinski definition) is 2. The van der Waals surface area contributed by atoms with Crippen LogP contribution < -0.4 is 5.32 Å². The molecule has 1 saturated carbocycles. The second-order valence-electron chi connectivity index (χ2n) is 5.48. The van der Waals surface area contributed by atoms with Gasteiger partial charge in [0.2, 0.25) is 0 Å². The minimum atomic E-state index is 0.0584. The van der Waals surface area contributed by atoms with Gasteiger partial charge in [0.25, 0.3) is 0 Å². The van der Waals surface area contributed by atoms with E-state index in [0.29, 0.717) is 12.6 Å². The summed E-state index contributed by atoms with van der Waals surface area (Å²) >= 11 is 6.20. The van der Waals surface area contributed by atoms with Gasteiger partial charge in [0.15, 0.2) is 0 Å². The molecule has 21 heavy (non-hydrogen) atoms. The molecule has 3 heteroatoms. The zero-order valence-electron chi connectivity index (χ0n) is 12.0. The minimum Gasteiger partial charge on any atom is -0.367 e. The number of hydrogen-bond donors (Lipinski definition) is 1. The Morgan fingerprint density at radius 2 is 1.76 bits per heavy atom. The Morgan fingerprint density at radius 3 is 2.48 bits per heavy atom. The number of ether oxygens (including phenoxy) is 1. The minimum absolute atomic E-state index is 0.0584. The Bertz CT molecular complexity index is 568. The van der Waals surface area contributed by atoms with Crippen LogP contribution in [-0.2, 0) is 11.3 Å². The molecule has 1 N–H and O–H groups in total. The standard InChI is InChI=1S/C18H20ClNO/c19-17-9-5-4-8-15(17)13-21-18(12-20-16-10-11-16)14-6-2-1-3-7-14/h1-9,16,18,20H,10-13H2. The lowest BCUT2D eigenvalue weighted by molar-refractivity contribution is 0.0396. The van der Waals surface area contributed by atoms with Crippen molar-refractivity contribution < 1.29 is 4.74 Å². The summed E-state index contributed by atoms with van der Waals surface area (Å²) in [5.41, 5.74) is 2.24. The quantitative estimate of drug-likeness (QED) is 0.821. The van der Waals surface area contributed by atoms with Crippen LogP contribution in [0.25, 0.3) is 0 Å². The topological polar surface area (TPSA) is 21.3 Å². The summed E-state index contributed by atoms with van der Waals surface area (Å²) in [6.45, 7) is 1.38. The van der Waals surface area contributed by atoms with Crippen LogP contribution in [0.5, 0.6) is 0 Å². The third-order valence-corrected chi connectivity index (χ3v) is 4.11. The number of nitrogens with one attached hydrogen (secondary N) is 1. The van der Waals surface area contributed by atoms with Crippen LogP contribution in [0.1, 0.15) is 30.1 Å². The van der Waals surface area contributed by atoms with Crippen LogP contribution in [0.3, 0.4) is 0 Å². The molecule has 0 spiro atoms. The fraction of sp³-hybridized carbons (Fsp3) is 0.333. The molecule has 0 radical (unpaired) electrons. The first kappa shape index (κ1) is 14.6. The van der Waals surface area contributed by atoms with E-state index in [1.807, 2.05) is 30.3 Å². The van der Waals surface area contributed by atoms with Crippen molar-refractivity contribution in [3.8, 4) is 0 Å². The average Bonchev–Trinajstić information content (AvgIpc) is 3.34. The van der Waals surface area contributed by atoms with E-state index >= 15 is 0 Å². The molecular formula is C18H20ClNO. The number of rotatable bonds is 7. The summed E-state index contributed by atoms with van der Waals surface area (Å²) in [7, 11) is 0. The molecular weight excluding hydrogens is 282 g/mol. The fourth-order valence-corrected chi connectivity index (χ4v) is 2.50. The van der Waals surface area contributed by atoms with Crippen LogP contribution in [0.2, 0.25) is 5.02 Å². The maximum absolute atomic E-state index is 6.20. The molecule has 2 aromatic rings. The molecule has 1 unspecified atom stereocenters. The fourth-order valence-electron chi connectivity index (χ4n) is 2.31. The summed E-state index contributed by atoms with van der Waals surface area (Å²) < 4.78 is 6.13. The Kier molecular flexibility index (Phi) is 4.91. The predicted octanol–water partition coefficient (Wildman–Crippen LogP) is 4.35. The molecule has 2 nitrogen and oxygen atoms in total. The summed E-state index contributed by atoms with van der Waals surface area (Å²) in [5.74, 6) is 0. The van der Waals surface area contributed by atoms with Gasteiger partial charge in [-0.25, -0.2) is 0 Å². The van der Waals surface area contributed by atoms with Gasteiger partial charge in [-0.1, -0.05) is 60.1 Å². The van der Waals surface area contributed by atoms with Crippen molar-refractivity contribution in [3.63, 3.8) is 0 Å². The first-order chi connectivity index (χ1) is 10.3. The highest BCUT2D eigenvalue weighted by Crippen LogP contribution is 2.24. The number of benzene rings is 2. The highest BCUT2D eigenvalue weighted by atomic mass is 35.5.